The molecule has 1 N–H and O–H groups in total. The molecule has 2 aromatic carbocycles. The monoisotopic (exact) mass is 522 g/mol. The second-order valence-corrected chi connectivity index (χ2v) is 10.8. The SMILES string of the molecule is CC(C(=O)OCc1ccccc1)N1CCC(CCNC(=O)OC(C)(C)C)=CC(Cc2ccccc2)C1=S. The van der Waals surface area contributed by atoms with Gasteiger partial charge < -0.3 is 19.7 Å². The van der Waals surface area contributed by atoms with E-state index in [2.05, 4.69) is 23.5 Å². The van der Waals surface area contributed by atoms with Gasteiger partial charge in [0.25, 0.3) is 0 Å². The van der Waals surface area contributed by atoms with E-state index in [0.717, 1.165) is 23.4 Å². The molecule has 0 saturated carbocycles. The van der Waals surface area contributed by atoms with Crippen molar-refractivity contribution in [3.05, 3.63) is 83.4 Å². The summed E-state index contributed by atoms with van der Waals surface area (Å²) in [6.07, 6.45) is 3.97. The summed E-state index contributed by atoms with van der Waals surface area (Å²) >= 11 is 5.96. The highest BCUT2D eigenvalue weighted by molar-refractivity contribution is 7.80. The molecule has 3 rings (SSSR count). The fourth-order valence-corrected chi connectivity index (χ4v) is 4.65. The van der Waals surface area contributed by atoms with Crippen molar-refractivity contribution in [1.29, 1.82) is 0 Å². The van der Waals surface area contributed by atoms with E-state index in [4.69, 9.17) is 21.7 Å². The molecule has 0 saturated heterocycles. The van der Waals surface area contributed by atoms with E-state index in [9.17, 15) is 9.59 Å². The van der Waals surface area contributed by atoms with Gasteiger partial charge in [-0.25, -0.2) is 9.59 Å². The van der Waals surface area contributed by atoms with Gasteiger partial charge in [0.05, 0.1) is 4.99 Å². The van der Waals surface area contributed by atoms with Gasteiger partial charge in [0, 0.05) is 19.0 Å². The van der Waals surface area contributed by atoms with Gasteiger partial charge in [0.1, 0.15) is 18.2 Å². The van der Waals surface area contributed by atoms with Crippen molar-refractivity contribution in [1.82, 2.24) is 10.2 Å². The number of carbonyl (C=O) groups excluding carboxylic acids is 2. The van der Waals surface area contributed by atoms with Crippen LogP contribution in [0.3, 0.4) is 0 Å². The molecule has 2 aromatic rings. The molecule has 198 valence electrons. The van der Waals surface area contributed by atoms with Gasteiger partial charge in [0.2, 0.25) is 0 Å². The number of thiocarbonyl (C=S) groups is 1. The van der Waals surface area contributed by atoms with Crippen molar-refractivity contribution >= 4 is 29.3 Å². The molecule has 0 spiro atoms. The lowest BCUT2D eigenvalue weighted by molar-refractivity contribution is -0.149. The Morgan fingerprint density at radius 1 is 1.05 bits per heavy atom. The van der Waals surface area contributed by atoms with E-state index in [-0.39, 0.29) is 18.5 Å². The summed E-state index contributed by atoms with van der Waals surface area (Å²) in [4.78, 5) is 27.8. The second-order valence-electron chi connectivity index (χ2n) is 10.4. The first-order chi connectivity index (χ1) is 17.6. The smallest absolute Gasteiger partial charge is 0.407 e. The van der Waals surface area contributed by atoms with E-state index < -0.39 is 17.7 Å². The minimum Gasteiger partial charge on any atom is -0.459 e. The molecule has 0 bridgehead atoms. The second kappa shape index (κ2) is 13.4. The Balaban J connectivity index is 1.68. The number of alkyl carbamates (subject to hydrolysis) is 1. The van der Waals surface area contributed by atoms with Crippen LogP contribution in [-0.4, -0.2) is 46.7 Å². The molecule has 37 heavy (non-hydrogen) atoms. The Kier molecular flexibility index (Phi) is 10.3. The standard InChI is InChI=1S/C30H38N2O4S/c1-22(28(33)35-21-25-13-9-6-10-14-25)32-18-16-24(15-17-31-29(34)36-30(2,3)4)20-26(27(32)37)19-23-11-7-5-8-12-23/h5-14,20,22,26H,15-19,21H2,1-4H3,(H,31,34). The number of ether oxygens (including phenoxy) is 2. The minimum atomic E-state index is -0.537. The topological polar surface area (TPSA) is 67.9 Å². The van der Waals surface area contributed by atoms with E-state index in [0.29, 0.717) is 19.5 Å². The lowest BCUT2D eigenvalue weighted by atomic mass is 9.95. The lowest BCUT2D eigenvalue weighted by Crippen LogP contribution is -2.45. The van der Waals surface area contributed by atoms with Crippen LogP contribution in [0.4, 0.5) is 4.79 Å². The van der Waals surface area contributed by atoms with Crippen LogP contribution < -0.4 is 5.32 Å². The summed E-state index contributed by atoms with van der Waals surface area (Å²) in [5.41, 5.74) is 2.79. The normalized spacial score (nSPS) is 16.9. The van der Waals surface area contributed by atoms with Gasteiger partial charge in [-0.2, -0.15) is 0 Å². The molecule has 0 radical (unpaired) electrons. The van der Waals surface area contributed by atoms with Crippen LogP contribution in [0.5, 0.6) is 0 Å². The Hall–Kier alpha value is -3.19. The Labute approximate surface area is 226 Å². The average Bonchev–Trinajstić information content (AvgIpc) is 3.01. The zero-order chi connectivity index (χ0) is 26.8. The van der Waals surface area contributed by atoms with E-state index >= 15 is 0 Å². The molecule has 0 aromatic heterocycles. The number of nitrogens with one attached hydrogen (secondary N) is 1. The third kappa shape index (κ3) is 9.32. The summed E-state index contributed by atoms with van der Waals surface area (Å²) in [6, 6.07) is 19.4. The highest BCUT2D eigenvalue weighted by atomic mass is 32.1. The largest absolute Gasteiger partial charge is 0.459 e. The van der Waals surface area contributed by atoms with Crippen LogP contribution in [0.2, 0.25) is 0 Å². The number of rotatable bonds is 9. The minimum absolute atomic E-state index is 0.0409. The average molecular weight is 523 g/mol. The first-order valence-corrected chi connectivity index (χ1v) is 13.2. The van der Waals surface area contributed by atoms with Crippen molar-refractivity contribution in [2.24, 2.45) is 5.92 Å². The third-order valence-corrected chi connectivity index (χ3v) is 6.69. The molecule has 1 aliphatic heterocycles. The fraction of sp³-hybridized carbons (Fsp3) is 0.433. The maximum absolute atomic E-state index is 13.0. The first-order valence-electron chi connectivity index (χ1n) is 12.8. The molecule has 2 unspecified atom stereocenters. The van der Waals surface area contributed by atoms with Crippen LogP contribution in [0, 0.1) is 5.92 Å². The van der Waals surface area contributed by atoms with Gasteiger partial charge in [-0.1, -0.05) is 84.5 Å². The number of amides is 1. The highest BCUT2D eigenvalue weighted by Gasteiger charge is 2.30. The van der Waals surface area contributed by atoms with Crippen molar-refractivity contribution in [3.63, 3.8) is 0 Å². The van der Waals surface area contributed by atoms with Gasteiger partial charge >= 0.3 is 12.1 Å². The maximum atomic E-state index is 13.0. The quantitative estimate of drug-likeness (QED) is 0.253. The predicted octanol–water partition coefficient (Wildman–Crippen LogP) is 5.85. The Morgan fingerprint density at radius 2 is 1.68 bits per heavy atom. The summed E-state index contributed by atoms with van der Waals surface area (Å²) in [6.45, 7) is 8.71. The zero-order valence-corrected chi connectivity index (χ0v) is 23.1. The van der Waals surface area contributed by atoms with E-state index in [1.165, 1.54) is 11.1 Å². The van der Waals surface area contributed by atoms with Crippen LogP contribution in [0.1, 0.15) is 51.7 Å². The first kappa shape index (κ1) is 28.4. The van der Waals surface area contributed by atoms with Gasteiger partial charge in [-0.15, -0.1) is 0 Å². The predicted molar refractivity (Wildman–Crippen MR) is 150 cm³/mol. The number of carbonyl (C=O) groups is 2. The summed E-state index contributed by atoms with van der Waals surface area (Å²) in [5, 5.41) is 2.84. The third-order valence-electron chi connectivity index (χ3n) is 6.16. The van der Waals surface area contributed by atoms with Crippen molar-refractivity contribution < 1.29 is 19.1 Å². The van der Waals surface area contributed by atoms with Crippen molar-refractivity contribution in [3.8, 4) is 0 Å². The number of benzene rings is 2. The van der Waals surface area contributed by atoms with Crippen LogP contribution >= 0.6 is 12.2 Å². The number of hydrogen-bond acceptors (Lipinski definition) is 5. The van der Waals surface area contributed by atoms with Crippen molar-refractivity contribution in [2.75, 3.05) is 13.1 Å². The van der Waals surface area contributed by atoms with Gasteiger partial charge in [0.15, 0.2) is 0 Å². The van der Waals surface area contributed by atoms with E-state index in [1.54, 1.807) is 0 Å². The number of hydrogen-bond donors (Lipinski definition) is 1. The molecule has 7 heteroatoms. The van der Waals surface area contributed by atoms with E-state index in [1.807, 2.05) is 81.1 Å². The molecule has 0 aliphatic carbocycles. The molecule has 0 fully saturated rings. The maximum Gasteiger partial charge on any atom is 0.407 e. The molecule has 1 amide bonds. The summed E-state index contributed by atoms with van der Waals surface area (Å²) < 4.78 is 11.0. The van der Waals surface area contributed by atoms with Crippen LogP contribution in [-0.2, 0) is 27.3 Å². The summed E-state index contributed by atoms with van der Waals surface area (Å²) in [7, 11) is 0. The van der Waals surface area contributed by atoms with Gasteiger partial charge in [-0.05, 0) is 58.1 Å². The zero-order valence-electron chi connectivity index (χ0n) is 22.2. The van der Waals surface area contributed by atoms with Crippen LogP contribution in [0.15, 0.2) is 72.3 Å². The Bertz CT molecular complexity index is 1080. The van der Waals surface area contributed by atoms with Crippen LogP contribution in [0.25, 0.3) is 0 Å². The molecule has 1 heterocycles. The fourth-order valence-electron chi connectivity index (χ4n) is 4.25. The number of esters is 1. The lowest BCUT2D eigenvalue weighted by Gasteiger charge is -2.31. The number of nitrogens with zero attached hydrogens (tertiary/aromatic N) is 1. The molecule has 1 aliphatic rings. The van der Waals surface area contributed by atoms with Crippen molar-refractivity contribution in [2.45, 2.75) is 65.2 Å². The van der Waals surface area contributed by atoms with Gasteiger partial charge in [-0.3, -0.25) is 0 Å². The summed E-state index contributed by atoms with van der Waals surface area (Å²) in [5.74, 6) is -0.333. The Morgan fingerprint density at radius 3 is 2.30 bits per heavy atom. The molecule has 6 nitrogen and oxygen atoms in total. The highest BCUT2D eigenvalue weighted by Crippen LogP contribution is 2.25. The molecule has 2 atom stereocenters. The molecular formula is C30H38N2O4S. The molecular weight excluding hydrogens is 484 g/mol.